The second-order valence-corrected chi connectivity index (χ2v) is 8.09. The molecule has 0 aliphatic heterocycles. The van der Waals surface area contributed by atoms with Crippen molar-refractivity contribution in [3.63, 3.8) is 0 Å². The molecule has 2 N–H and O–H groups in total. The van der Waals surface area contributed by atoms with E-state index in [9.17, 15) is 9.18 Å². The van der Waals surface area contributed by atoms with E-state index in [1.54, 1.807) is 36.4 Å². The van der Waals surface area contributed by atoms with Gasteiger partial charge in [0.1, 0.15) is 5.82 Å². The maximum absolute atomic E-state index is 13.0. The van der Waals surface area contributed by atoms with Crippen LogP contribution in [-0.2, 0) is 0 Å². The Labute approximate surface area is 186 Å². The number of aromatic nitrogens is 1. The third-order valence-electron chi connectivity index (χ3n) is 4.14. The van der Waals surface area contributed by atoms with E-state index in [0.29, 0.717) is 26.4 Å². The monoisotopic (exact) mass is 457 g/mol. The Bertz CT molecular complexity index is 1190. The fourth-order valence-corrected chi connectivity index (χ4v) is 4.03. The summed E-state index contributed by atoms with van der Waals surface area (Å²) < 4.78 is 13.0. The van der Waals surface area contributed by atoms with Gasteiger partial charge >= 0.3 is 0 Å². The number of thiazole rings is 1. The Morgan fingerprint density at radius 3 is 2.40 bits per heavy atom. The number of hydrogen-bond donors (Lipinski definition) is 2. The number of rotatable bonds is 5. The molecule has 0 radical (unpaired) electrons. The molecule has 0 unspecified atom stereocenters. The molecule has 0 saturated carbocycles. The van der Waals surface area contributed by atoms with Crippen molar-refractivity contribution >= 4 is 57.0 Å². The molecule has 150 valence electrons. The number of benzene rings is 3. The molecule has 0 bridgehead atoms. The van der Waals surface area contributed by atoms with Crippen molar-refractivity contribution in [1.82, 2.24) is 4.98 Å². The van der Waals surface area contributed by atoms with Crippen molar-refractivity contribution < 1.29 is 9.18 Å². The minimum atomic E-state index is -0.312. The molecule has 0 aliphatic carbocycles. The largest absolute Gasteiger partial charge is 0.332 e. The lowest BCUT2D eigenvalue weighted by molar-refractivity contribution is 0.102. The number of halogens is 3. The summed E-state index contributed by atoms with van der Waals surface area (Å²) in [6.45, 7) is 0. The molecule has 0 spiro atoms. The van der Waals surface area contributed by atoms with Crippen molar-refractivity contribution in [1.29, 1.82) is 0 Å². The van der Waals surface area contributed by atoms with Gasteiger partial charge in [-0.05, 0) is 54.6 Å². The third-order valence-corrected chi connectivity index (χ3v) is 5.33. The summed E-state index contributed by atoms with van der Waals surface area (Å²) in [5, 5.41) is 9.36. The van der Waals surface area contributed by atoms with Crippen LogP contribution in [0.2, 0.25) is 10.0 Å². The van der Waals surface area contributed by atoms with Crippen molar-refractivity contribution in [3.8, 4) is 11.3 Å². The highest BCUT2D eigenvalue weighted by Gasteiger charge is 2.10. The van der Waals surface area contributed by atoms with Crippen molar-refractivity contribution in [3.05, 3.63) is 93.5 Å². The highest BCUT2D eigenvalue weighted by molar-refractivity contribution is 7.14. The molecule has 0 atom stereocenters. The Kier molecular flexibility index (Phi) is 5.99. The Morgan fingerprint density at radius 2 is 1.67 bits per heavy atom. The number of carbonyl (C=O) groups excluding carboxylic acids is 1. The van der Waals surface area contributed by atoms with Gasteiger partial charge in [-0.3, -0.25) is 4.79 Å². The van der Waals surface area contributed by atoms with Crippen LogP contribution in [0.5, 0.6) is 0 Å². The van der Waals surface area contributed by atoms with Gasteiger partial charge in [-0.25, -0.2) is 9.37 Å². The van der Waals surface area contributed by atoms with E-state index in [1.165, 1.54) is 23.5 Å². The van der Waals surface area contributed by atoms with Crippen molar-refractivity contribution in [2.75, 3.05) is 10.6 Å². The van der Waals surface area contributed by atoms with Gasteiger partial charge in [0, 0.05) is 37.9 Å². The zero-order chi connectivity index (χ0) is 21.1. The van der Waals surface area contributed by atoms with Crippen LogP contribution in [0.3, 0.4) is 0 Å². The highest BCUT2D eigenvalue weighted by Crippen LogP contribution is 2.29. The van der Waals surface area contributed by atoms with Crippen molar-refractivity contribution in [2.24, 2.45) is 0 Å². The molecule has 1 heterocycles. The molecular formula is C22H14Cl2FN3OS. The molecule has 4 rings (SSSR count). The smallest absolute Gasteiger partial charge is 0.255 e. The SMILES string of the molecule is O=C(Nc1cccc(-c2csc(Nc3ccc(F)cc3)n2)c1)c1cc(Cl)cc(Cl)c1. The first kappa shape index (κ1) is 20.3. The fraction of sp³-hybridized carbons (Fsp3) is 0. The maximum Gasteiger partial charge on any atom is 0.255 e. The number of anilines is 3. The first-order valence-electron chi connectivity index (χ1n) is 8.82. The lowest BCUT2D eigenvalue weighted by atomic mass is 10.1. The summed E-state index contributed by atoms with van der Waals surface area (Å²) in [5.74, 6) is -0.604. The van der Waals surface area contributed by atoms with Crippen LogP contribution in [0.4, 0.5) is 20.9 Å². The summed E-state index contributed by atoms with van der Waals surface area (Å²) in [7, 11) is 0. The number of nitrogens with zero attached hydrogens (tertiary/aromatic N) is 1. The molecule has 0 fully saturated rings. The Hall–Kier alpha value is -2.93. The summed E-state index contributed by atoms with van der Waals surface area (Å²) in [6.07, 6.45) is 0. The normalized spacial score (nSPS) is 10.6. The molecule has 30 heavy (non-hydrogen) atoms. The number of nitrogens with one attached hydrogen (secondary N) is 2. The second kappa shape index (κ2) is 8.83. The number of carbonyl (C=O) groups is 1. The van der Waals surface area contributed by atoms with E-state index < -0.39 is 0 Å². The van der Waals surface area contributed by atoms with Gasteiger partial charge < -0.3 is 10.6 Å². The predicted molar refractivity (Wildman–Crippen MR) is 122 cm³/mol. The van der Waals surface area contributed by atoms with E-state index in [0.717, 1.165) is 16.9 Å². The molecular weight excluding hydrogens is 444 g/mol. The number of amides is 1. The topological polar surface area (TPSA) is 54.0 Å². The lowest BCUT2D eigenvalue weighted by Crippen LogP contribution is -2.11. The Morgan fingerprint density at radius 1 is 0.933 bits per heavy atom. The summed E-state index contributed by atoms with van der Waals surface area (Å²) >= 11 is 13.4. The molecule has 4 nitrogen and oxygen atoms in total. The zero-order valence-corrected chi connectivity index (χ0v) is 17.7. The molecule has 0 saturated heterocycles. The summed E-state index contributed by atoms with van der Waals surface area (Å²) in [6, 6.07) is 18.1. The minimum Gasteiger partial charge on any atom is -0.332 e. The zero-order valence-electron chi connectivity index (χ0n) is 15.3. The Balaban J connectivity index is 1.50. The average Bonchev–Trinajstić information content (AvgIpc) is 3.18. The van der Waals surface area contributed by atoms with Gasteiger partial charge in [-0.2, -0.15) is 0 Å². The maximum atomic E-state index is 13.0. The number of hydrogen-bond acceptors (Lipinski definition) is 4. The van der Waals surface area contributed by atoms with Crippen LogP contribution in [-0.4, -0.2) is 10.9 Å². The van der Waals surface area contributed by atoms with Crippen LogP contribution >= 0.6 is 34.5 Å². The lowest BCUT2D eigenvalue weighted by Gasteiger charge is -2.07. The van der Waals surface area contributed by atoms with E-state index >= 15 is 0 Å². The van der Waals surface area contributed by atoms with E-state index in [1.807, 2.05) is 23.6 Å². The van der Waals surface area contributed by atoms with Crippen LogP contribution in [0.15, 0.2) is 72.1 Å². The molecule has 0 aliphatic rings. The van der Waals surface area contributed by atoms with Gasteiger partial charge in [0.05, 0.1) is 5.69 Å². The van der Waals surface area contributed by atoms with Gasteiger partial charge in [0.2, 0.25) is 0 Å². The molecule has 1 amide bonds. The van der Waals surface area contributed by atoms with Crippen LogP contribution in [0, 0.1) is 5.82 Å². The van der Waals surface area contributed by atoms with Gasteiger partial charge in [-0.15, -0.1) is 11.3 Å². The third kappa shape index (κ3) is 4.97. The first-order chi connectivity index (χ1) is 14.5. The molecule has 8 heteroatoms. The van der Waals surface area contributed by atoms with Crippen LogP contribution < -0.4 is 10.6 Å². The molecule has 1 aromatic heterocycles. The minimum absolute atomic E-state index is 0.292. The predicted octanol–water partition coefficient (Wildman–Crippen LogP) is 7.25. The molecule has 4 aromatic rings. The quantitative estimate of drug-likeness (QED) is 0.331. The highest BCUT2D eigenvalue weighted by atomic mass is 35.5. The average molecular weight is 458 g/mol. The standard InChI is InChI=1S/C22H14Cl2FN3OS/c23-15-8-14(9-16(24)11-15)21(29)26-19-3-1-2-13(10-19)20-12-30-22(28-20)27-18-6-4-17(25)5-7-18/h1-12H,(H,26,29)(H,27,28). The van der Waals surface area contributed by atoms with E-state index in [-0.39, 0.29) is 11.7 Å². The van der Waals surface area contributed by atoms with Gasteiger partial charge in [0.25, 0.3) is 5.91 Å². The first-order valence-corrected chi connectivity index (χ1v) is 10.5. The molecule has 3 aromatic carbocycles. The van der Waals surface area contributed by atoms with Gasteiger partial charge in [-0.1, -0.05) is 35.3 Å². The van der Waals surface area contributed by atoms with Gasteiger partial charge in [0.15, 0.2) is 5.13 Å². The van der Waals surface area contributed by atoms with E-state index in [4.69, 9.17) is 23.2 Å². The summed E-state index contributed by atoms with van der Waals surface area (Å²) in [5.41, 5.74) is 3.34. The fourth-order valence-electron chi connectivity index (χ4n) is 2.76. The van der Waals surface area contributed by atoms with Crippen molar-refractivity contribution in [2.45, 2.75) is 0 Å². The van der Waals surface area contributed by atoms with Crippen LogP contribution in [0.1, 0.15) is 10.4 Å². The summed E-state index contributed by atoms with van der Waals surface area (Å²) in [4.78, 5) is 17.1. The van der Waals surface area contributed by atoms with E-state index in [2.05, 4.69) is 15.6 Å². The second-order valence-electron chi connectivity index (χ2n) is 6.36. The van der Waals surface area contributed by atoms with Crippen LogP contribution in [0.25, 0.3) is 11.3 Å².